The number of aliphatic hydroxyl groups excluding tert-OH is 1. The topological polar surface area (TPSA) is 131 Å². The van der Waals surface area contributed by atoms with Crippen LogP contribution in [0.3, 0.4) is 0 Å². The molecule has 0 radical (unpaired) electrons. The molecule has 9 nitrogen and oxygen atoms in total. The maximum Gasteiger partial charge on any atom is 0.472 e. The molecule has 0 spiro atoms. The molecular weight excluding hydrogens is 677 g/mol. The Kier molecular flexibility index (Phi) is 36.7. The van der Waals surface area contributed by atoms with Crippen LogP contribution in [0.5, 0.6) is 0 Å². The molecule has 1 amide bonds. The number of aliphatic hydroxyl groups is 1. The number of nitrogens with one attached hydrogen (secondary N) is 1. The molecule has 0 fully saturated rings. The summed E-state index contributed by atoms with van der Waals surface area (Å²) in [6, 6.07) is 0. The highest BCUT2D eigenvalue weighted by molar-refractivity contribution is 7.47. The van der Waals surface area contributed by atoms with Crippen LogP contribution in [0.1, 0.15) is 162 Å². The third kappa shape index (κ3) is 38.9. The van der Waals surface area contributed by atoms with Crippen LogP contribution in [0.25, 0.3) is 0 Å². The smallest absolute Gasteiger partial charge is 0.463 e. The highest BCUT2D eigenvalue weighted by atomic mass is 31.2. The average Bonchev–Trinajstić information content (AvgIpc) is 3.13. The van der Waals surface area contributed by atoms with E-state index in [1.54, 1.807) is 0 Å². The lowest BCUT2D eigenvalue weighted by Crippen LogP contribution is -2.27. The van der Waals surface area contributed by atoms with E-state index in [0.717, 1.165) is 70.6 Å². The molecule has 0 bridgehead atoms. The van der Waals surface area contributed by atoms with Crippen molar-refractivity contribution in [3.05, 3.63) is 60.8 Å². The van der Waals surface area contributed by atoms with Crippen LogP contribution in [0.2, 0.25) is 0 Å². The van der Waals surface area contributed by atoms with Crippen molar-refractivity contribution in [1.29, 1.82) is 0 Å². The third-order valence-electron chi connectivity index (χ3n) is 8.17. The van der Waals surface area contributed by atoms with Crippen molar-refractivity contribution in [2.24, 2.45) is 0 Å². The monoisotopic (exact) mass is 752 g/mol. The lowest BCUT2D eigenvalue weighted by Gasteiger charge is -2.15. The maximum atomic E-state index is 12.1. The second-order valence-electron chi connectivity index (χ2n) is 13.2. The second-order valence-corrected chi connectivity index (χ2v) is 14.7. The molecule has 0 aromatic heterocycles. The second kappa shape index (κ2) is 38.4. The minimum atomic E-state index is -4.42. The quantitative estimate of drug-likeness (QED) is 0.0247. The zero-order valence-corrected chi connectivity index (χ0v) is 33.6. The number of unbranched alkanes of at least 4 members (excludes halogenated alkanes) is 14. The molecule has 300 valence electrons. The molecule has 52 heavy (non-hydrogen) atoms. The number of hydrogen-bond donors (Lipinski definition) is 3. The van der Waals surface area contributed by atoms with Gasteiger partial charge in [0.05, 0.1) is 13.2 Å². The molecule has 10 heteroatoms. The molecule has 0 aromatic rings. The van der Waals surface area contributed by atoms with Gasteiger partial charge in [-0.15, -0.1) is 0 Å². The molecule has 0 aliphatic carbocycles. The molecule has 0 heterocycles. The molecule has 2 unspecified atom stereocenters. The van der Waals surface area contributed by atoms with Crippen LogP contribution >= 0.6 is 7.82 Å². The molecule has 0 aliphatic heterocycles. The van der Waals surface area contributed by atoms with Crippen LogP contribution in [-0.4, -0.2) is 54.3 Å². The maximum absolute atomic E-state index is 12.1. The summed E-state index contributed by atoms with van der Waals surface area (Å²) in [5.41, 5.74) is 0. The van der Waals surface area contributed by atoms with Crippen LogP contribution in [-0.2, 0) is 27.9 Å². The zero-order chi connectivity index (χ0) is 38.2. The van der Waals surface area contributed by atoms with Gasteiger partial charge in [-0.25, -0.2) is 4.57 Å². The first-order valence-electron chi connectivity index (χ1n) is 20.3. The van der Waals surface area contributed by atoms with Gasteiger partial charge in [0.25, 0.3) is 0 Å². The van der Waals surface area contributed by atoms with E-state index in [2.05, 4.69) is 79.9 Å². The van der Waals surface area contributed by atoms with Crippen molar-refractivity contribution in [2.45, 2.75) is 168 Å². The number of ether oxygens (including phenoxy) is 1. The van der Waals surface area contributed by atoms with E-state index in [4.69, 9.17) is 13.8 Å². The van der Waals surface area contributed by atoms with Gasteiger partial charge in [-0.2, -0.15) is 0 Å². The minimum Gasteiger partial charge on any atom is -0.463 e. The Morgan fingerprint density at radius 2 is 1.04 bits per heavy atom. The van der Waals surface area contributed by atoms with Gasteiger partial charge >= 0.3 is 13.8 Å². The lowest BCUT2D eigenvalue weighted by atomic mass is 10.1. The lowest BCUT2D eigenvalue weighted by molar-refractivity contribution is -0.147. The molecule has 0 aromatic carbocycles. The summed E-state index contributed by atoms with van der Waals surface area (Å²) >= 11 is 0. The zero-order valence-electron chi connectivity index (χ0n) is 32.7. The molecule has 0 saturated heterocycles. The summed E-state index contributed by atoms with van der Waals surface area (Å²) in [5.74, 6) is -0.562. The van der Waals surface area contributed by atoms with E-state index in [-0.39, 0.29) is 32.1 Å². The molecule has 2 atom stereocenters. The Bertz CT molecular complexity index is 1040. The van der Waals surface area contributed by atoms with Crippen LogP contribution in [0.4, 0.5) is 0 Å². The van der Waals surface area contributed by atoms with Gasteiger partial charge in [0.1, 0.15) is 12.7 Å². The van der Waals surface area contributed by atoms with Gasteiger partial charge in [-0.3, -0.25) is 18.6 Å². The van der Waals surface area contributed by atoms with Crippen molar-refractivity contribution in [3.8, 4) is 0 Å². The van der Waals surface area contributed by atoms with Crippen molar-refractivity contribution >= 4 is 19.7 Å². The van der Waals surface area contributed by atoms with Crippen molar-refractivity contribution in [1.82, 2.24) is 5.32 Å². The van der Waals surface area contributed by atoms with E-state index in [9.17, 15) is 24.2 Å². The van der Waals surface area contributed by atoms with E-state index in [1.165, 1.54) is 57.8 Å². The van der Waals surface area contributed by atoms with Crippen LogP contribution < -0.4 is 5.32 Å². The fourth-order valence-electron chi connectivity index (χ4n) is 5.06. The van der Waals surface area contributed by atoms with Crippen molar-refractivity contribution < 1.29 is 37.9 Å². The number of carbonyl (C=O) groups is 2. The number of rotatable bonds is 37. The summed E-state index contributed by atoms with van der Waals surface area (Å²) in [6.07, 6.45) is 44.3. The van der Waals surface area contributed by atoms with Gasteiger partial charge in [-0.1, -0.05) is 126 Å². The summed E-state index contributed by atoms with van der Waals surface area (Å²) in [7, 11) is -4.42. The highest BCUT2D eigenvalue weighted by Crippen LogP contribution is 2.42. The van der Waals surface area contributed by atoms with E-state index in [1.807, 2.05) is 0 Å². The van der Waals surface area contributed by atoms with Crippen LogP contribution in [0, 0.1) is 0 Å². The first-order chi connectivity index (χ1) is 25.3. The third-order valence-corrected chi connectivity index (χ3v) is 9.15. The van der Waals surface area contributed by atoms with Crippen LogP contribution in [0.15, 0.2) is 60.8 Å². The number of phosphoric ester groups is 1. The minimum absolute atomic E-state index is 0.0705. The number of carbonyl (C=O) groups excluding carboxylic acids is 2. The predicted octanol–water partition coefficient (Wildman–Crippen LogP) is 10.9. The molecule has 0 aliphatic rings. The SMILES string of the molecule is CCCCC/C=C\C/C=C\C/C=C\C/C=C\CCCCCC(=O)OCC(O)COP(=O)(O)OCCNC(=O)CCCCCCC/C=C\CCCCC. The fraction of sp³-hybridized carbons (Fsp3) is 0.714. The Morgan fingerprint density at radius 3 is 1.60 bits per heavy atom. The highest BCUT2D eigenvalue weighted by Gasteiger charge is 2.23. The fourth-order valence-corrected chi connectivity index (χ4v) is 5.82. The average molecular weight is 752 g/mol. The van der Waals surface area contributed by atoms with Gasteiger partial charge in [-0.05, 0) is 83.5 Å². The molecular formula is C42H74NO8P. The largest absolute Gasteiger partial charge is 0.472 e. The Morgan fingerprint density at radius 1 is 0.596 bits per heavy atom. The standard InChI is InChI=1S/C42H74NO8P/c1-3-5-7-9-11-13-15-17-18-19-20-21-22-23-25-27-29-31-33-35-42(46)49-38-40(44)39-51-52(47,48)50-37-36-43-41(45)34-32-30-28-26-24-16-14-12-10-8-6-4-2/h11-14,17-18,20-21,23,25,40,44H,3-10,15-16,19,22,24,26-39H2,1-2H3,(H,43,45)(H,47,48)/b13-11-,14-12-,18-17-,21-20-,25-23-. The number of esters is 1. The number of allylic oxidation sites excluding steroid dienone is 10. The van der Waals surface area contributed by atoms with Gasteiger partial charge in [0.2, 0.25) is 5.91 Å². The first-order valence-corrected chi connectivity index (χ1v) is 21.8. The van der Waals surface area contributed by atoms with E-state index >= 15 is 0 Å². The first kappa shape index (κ1) is 49.7. The number of hydrogen-bond acceptors (Lipinski definition) is 7. The van der Waals surface area contributed by atoms with Gasteiger partial charge in [0, 0.05) is 19.4 Å². The number of phosphoric acid groups is 1. The van der Waals surface area contributed by atoms with Gasteiger partial charge in [0.15, 0.2) is 0 Å². The normalized spacial score (nSPS) is 14.0. The van der Waals surface area contributed by atoms with E-state index in [0.29, 0.717) is 12.8 Å². The molecule has 0 rings (SSSR count). The van der Waals surface area contributed by atoms with E-state index < -0.39 is 26.5 Å². The van der Waals surface area contributed by atoms with Crippen molar-refractivity contribution in [3.63, 3.8) is 0 Å². The molecule has 0 saturated carbocycles. The summed E-state index contributed by atoms with van der Waals surface area (Å²) in [6.45, 7) is 3.43. The summed E-state index contributed by atoms with van der Waals surface area (Å²) in [4.78, 5) is 33.8. The predicted molar refractivity (Wildman–Crippen MR) is 215 cm³/mol. The Labute approximate surface area is 317 Å². The summed E-state index contributed by atoms with van der Waals surface area (Å²) in [5, 5.41) is 12.7. The Hall–Kier alpha value is -2.29. The van der Waals surface area contributed by atoms with Crippen molar-refractivity contribution in [2.75, 3.05) is 26.4 Å². The Balaban J connectivity index is 3.70. The molecule has 3 N–H and O–H groups in total. The number of amides is 1. The summed E-state index contributed by atoms with van der Waals surface area (Å²) < 4.78 is 26.8. The van der Waals surface area contributed by atoms with Gasteiger partial charge < -0.3 is 20.1 Å².